The first kappa shape index (κ1) is 21.4. The van der Waals surface area contributed by atoms with Gasteiger partial charge in [-0.1, -0.05) is 23.4 Å². The van der Waals surface area contributed by atoms with Crippen LogP contribution in [-0.4, -0.2) is 45.9 Å². The quantitative estimate of drug-likeness (QED) is 0.395. The Bertz CT molecular complexity index is 1000. The maximum atomic E-state index is 12.4. The number of ketones is 1. The van der Waals surface area contributed by atoms with Gasteiger partial charge in [-0.05, 0) is 36.4 Å². The van der Waals surface area contributed by atoms with Crippen LogP contribution in [0.2, 0.25) is 4.34 Å². The first-order chi connectivity index (χ1) is 14.0. The molecule has 1 aromatic carbocycles. The van der Waals surface area contributed by atoms with E-state index in [-0.39, 0.29) is 17.4 Å². The van der Waals surface area contributed by atoms with Crippen LogP contribution in [-0.2, 0) is 11.2 Å². The van der Waals surface area contributed by atoms with E-state index in [1.54, 1.807) is 19.2 Å². The number of carbonyl (C=O) groups excluding carboxylic acids is 2. The van der Waals surface area contributed by atoms with Gasteiger partial charge in [-0.15, -0.1) is 21.5 Å². The number of Topliss-reactive ketones (excluding diaryl/α,β-unsaturated/α-hetero) is 1. The highest BCUT2D eigenvalue weighted by molar-refractivity contribution is 7.99. The number of nitrogens with zero attached hydrogens (tertiary/aromatic N) is 3. The molecular formula is C19H19ClN4O3S2. The number of aromatic nitrogens is 3. The van der Waals surface area contributed by atoms with E-state index in [2.05, 4.69) is 15.5 Å². The lowest BCUT2D eigenvalue weighted by Gasteiger charge is -2.11. The van der Waals surface area contributed by atoms with E-state index in [1.165, 1.54) is 30.0 Å². The fourth-order valence-corrected chi connectivity index (χ4v) is 4.49. The number of methoxy groups -OCH3 is 1. The lowest BCUT2D eigenvalue weighted by Crippen LogP contribution is -2.23. The van der Waals surface area contributed by atoms with Crippen molar-refractivity contribution >= 4 is 46.4 Å². The number of benzene rings is 1. The molecule has 0 unspecified atom stereocenters. The van der Waals surface area contributed by atoms with Gasteiger partial charge in [0.15, 0.2) is 10.9 Å². The minimum Gasteiger partial charge on any atom is -0.497 e. The van der Waals surface area contributed by atoms with Crippen LogP contribution < -0.4 is 10.1 Å². The molecule has 0 radical (unpaired) electrons. The van der Waals surface area contributed by atoms with Crippen molar-refractivity contribution in [3.63, 3.8) is 0 Å². The predicted molar refractivity (Wildman–Crippen MR) is 115 cm³/mol. The molecule has 0 bridgehead atoms. The Morgan fingerprint density at radius 1 is 1.21 bits per heavy atom. The van der Waals surface area contributed by atoms with Gasteiger partial charge in [-0.2, -0.15) is 0 Å². The van der Waals surface area contributed by atoms with Crippen molar-refractivity contribution in [2.75, 3.05) is 19.4 Å². The second kappa shape index (κ2) is 9.91. The van der Waals surface area contributed by atoms with Crippen molar-refractivity contribution < 1.29 is 14.3 Å². The largest absolute Gasteiger partial charge is 0.497 e. The normalized spacial score (nSPS) is 10.7. The third kappa shape index (κ3) is 5.59. The monoisotopic (exact) mass is 450 g/mol. The van der Waals surface area contributed by atoms with Crippen LogP contribution in [0.25, 0.3) is 5.69 Å². The fourth-order valence-electron chi connectivity index (χ4n) is 2.56. The molecule has 0 aliphatic carbocycles. The van der Waals surface area contributed by atoms with Gasteiger partial charge in [0.2, 0.25) is 5.91 Å². The number of ether oxygens (including phenoxy) is 1. The van der Waals surface area contributed by atoms with Crippen LogP contribution in [0, 0.1) is 0 Å². The van der Waals surface area contributed by atoms with Gasteiger partial charge in [0.25, 0.3) is 0 Å². The minimum absolute atomic E-state index is 0.0176. The lowest BCUT2D eigenvalue weighted by atomic mass is 10.3. The Balaban J connectivity index is 1.82. The molecule has 7 nitrogen and oxygen atoms in total. The predicted octanol–water partition coefficient (Wildman–Crippen LogP) is 3.64. The van der Waals surface area contributed by atoms with Crippen molar-refractivity contribution in [1.29, 1.82) is 0 Å². The highest BCUT2D eigenvalue weighted by Gasteiger charge is 2.17. The van der Waals surface area contributed by atoms with Gasteiger partial charge >= 0.3 is 0 Å². The smallest absolute Gasteiger partial charge is 0.216 e. The van der Waals surface area contributed by atoms with E-state index in [1.807, 2.05) is 28.8 Å². The molecule has 0 aliphatic rings. The topological polar surface area (TPSA) is 86.1 Å². The van der Waals surface area contributed by atoms with Crippen LogP contribution >= 0.6 is 34.7 Å². The van der Waals surface area contributed by atoms with E-state index in [0.717, 1.165) is 11.4 Å². The van der Waals surface area contributed by atoms with Crippen LogP contribution in [0.15, 0.2) is 41.6 Å². The number of halogens is 1. The molecule has 0 saturated heterocycles. The molecule has 0 atom stereocenters. The summed E-state index contributed by atoms with van der Waals surface area (Å²) >= 11 is 8.49. The molecule has 1 N–H and O–H groups in total. The number of nitrogens with one attached hydrogen (secondary N) is 1. The fraction of sp³-hybridized carbons (Fsp3) is 0.263. The summed E-state index contributed by atoms with van der Waals surface area (Å²) in [7, 11) is 1.61. The van der Waals surface area contributed by atoms with Crippen molar-refractivity contribution in [2.24, 2.45) is 0 Å². The Morgan fingerprint density at radius 2 is 1.97 bits per heavy atom. The summed E-state index contributed by atoms with van der Waals surface area (Å²) in [6.45, 7) is 1.92. The van der Waals surface area contributed by atoms with E-state index in [9.17, 15) is 9.59 Å². The molecule has 0 aliphatic heterocycles. The van der Waals surface area contributed by atoms with E-state index in [4.69, 9.17) is 16.3 Å². The van der Waals surface area contributed by atoms with E-state index >= 15 is 0 Å². The summed E-state index contributed by atoms with van der Waals surface area (Å²) in [6.07, 6.45) is 0.508. The van der Waals surface area contributed by atoms with Crippen molar-refractivity contribution in [3.8, 4) is 11.4 Å². The highest BCUT2D eigenvalue weighted by Crippen LogP contribution is 2.27. The Kier molecular flexibility index (Phi) is 7.29. The Hall–Kier alpha value is -2.36. The molecule has 2 heterocycles. The highest BCUT2D eigenvalue weighted by atomic mass is 35.5. The second-order valence-electron chi connectivity index (χ2n) is 5.98. The van der Waals surface area contributed by atoms with Crippen LogP contribution in [0.4, 0.5) is 0 Å². The zero-order valence-corrected chi connectivity index (χ0v) is 18.2. The zero-order chi connectivity index (χ0) is 20.8. The lowest BCUT2D eigenvalue weighted by molar-refractivity contribution is -0.118. The molecule has 3 aromatic rings. The van der Waals surface area contributed by atoms with E-state index in [0.29, 0.717) is 33.2 Å². The summed E-state index contributed by atoms with van der Waals surface area (Å²) in [6, 6.07) is 10.9. The molecule has 10 heteroatoms. The number of amides is 1. The van der Waals surface area contributed by atoms with Crippen molar-refractivity contribution in [3.05, 3.63) is 51.4 Å². The summed E-state index contributed by atoms with van der Waals surface area (Å²) in [5, 5.41) is 11.9. The first-order valence-electron chi connectivity index (χ1n) is 8.72. The Labute approximate surface area is 181 Å². The SMILES string of the molecule is COc1ccc(-n2c(CCNC(C)=O)nnc2SCC(=O)c2ccc(Cl)s2)cc1. The van der Waals surface area contributed by atoms with E-state index < -0.39 is 0 Å². The Morgan fingerprint density at radius 3 is 2.59 bits per heavy atom. The van der Waals surface area contributed by atoms with Gasteiger partial charge in [0, 0.05) is 25.6 Å². The average Bonchev–Trinajstić information content (AvgIpc) is 3.32. The molecule has 1 amide bonds. The second-order valence-corrected chi connectivity index (χ2v) is 8.64. The van der Waals surface area contributed by atoms with Gasteiger partial charge in [0.05, 0.1) is 22.1 Å². The van der Waals surface area contributed by atoms with Crippen molar-refractivity contribution in [2.45, 2.75) is 18.5 Å². The number of hydrogen-bond donors (Lipinski definition) is 1. The van der Waals surface area contributed by atoms with Gasteiger partial charge < -0.3 is 10.1 Å². The third-order valence-electron chi connectivity index (χ3n) is 3.93. The van der Waals surface area contributed by atoms with Crippen LogP contribution in [0.3, 0.4) is 0 Å². The van der Waals surface area contributed by atoms with Crippen LogP contribution in [0.1, 0.15) is 22.4 Å². The molecule has 0 fully saturated rings. The molecular weight excluding hydrogens is 432 g/mol. The molecule has 2 aromatic heterocycles. The number of thioether (sulfide) groups is 1. The molecule has 3 rings (SSSR count). The molecule has 0 saturated carbocycles. The maximum Gasteiger partial charge on any atom is 0.216 e. The average molecular weight is 451 g/mol. The maximum absolute atomic E-state index is 12.4. The molecule has 0 spiro atoms. The van der Waals surface area contributed by atoms with Crippen LogP contribution in [0.5, 0.6) is 5.75 Å². The zero-order valence-electron chi connectivity index (χ0n) is 15.8. The summed E-state index contributed by atoms with van der Waals surface area (Å²) < 4.78 is 7.69. The third-order valence-corrected chi connectivity index (χ3v) is 6.14. The molecule has 152 valence electrons. The van der Waals surface area contributed by atoms with Gasteiger partial charge in [-0.25, -0.2) is 0 Å². The standard InChI is InChI=1S/C19H19ClN4O3S2/c1-12(25)21-10-9-18-22-23-19(24(18)13-3-5-14(27-2)6-4-13)28-11-15(26)16-7-8-17(20)29-16/h3-8H,9-11H2,1-2H3,(H,21,25). The van der Waals surface area contributed by atoms with Gasteiger partial charge in [0.1, 0.15) is 11.6 Å². The summed E-state index contributed by atoms with van der Waals surface area (Å²) in [5.41, 5.74) is 0.850. The molecule has 29 heavy (non-hydrogen) atoms. The minimum atomic E-state index is -0.102. The number of rotatable bonds is 9. The van der Waals surface area contributed by atoms with Crippen molar-refractivity contribution in [1.82, 2.24) is 20.1 Å². The first-order valence-corrected chi connectivity index (χ1v) is 10.9. The number of hydrogen-bond acceptors (Lipinski definition) is 7. The summed E-state index contributed by atoms with van der Waals surface area (Å²) in [4.78, 5) is 24.2. The number of thiophene rings is 1. The van der Waals surface area contributed by atoms with Gasteiger partial charge in [-0.3, -0.25) is 14.2 Å². The number of carbonyl (C=O) groups is 2. The summed E-state index contributed by atoms with van der Waals surface area (Å²) in [5.74, 6) is 1.53.